The predicted molar refractivity (Wildman–Crippen MR) is 79.0 cm³/mol. The Labute approximate surface area is 121 Å². The highest BCUT2D eigenvalue weighted by molar-refractivity contribution is 9.10. The van der Waals surface area contributed by atoms with Crippen molar-refractivity contribution in [2.45, 2.75) is 19.3 Å². The van der Waals surface area contributed by atoms with E-state index in [1.807, 2.05) is 11.9 Å². The van der Waals surface area contributed by atoms with Crippen LogP contribution in [0.5, 0.6) is 0 Å². The summed E-state index contributed by atoms with van der Waals surface area (Å²) in [7, 11) is 1.97. The third-order valence-corrected chi connectivity index (χ3v) is 5.10. The van der Waals surface area contributed by atoms with Gasteiger partial charge in [-0.15, -0.1) is 11.3 Å². The Bertz CT molecular complexity index is 407. The molecule has 0 saturated carbocycles. The quantitative estimate of drug-likeness (QED) is 0.899. The first-order valence-corrected chi connectivity index (χ1v) is 8.01. The van der Waals surface area contributed by atoms with E-state index in [9.17, 15) is 4.79 Å². The Kier molecular flexibility index (Phi) is 5.21. The van der Waals surface area contributed by atoms with Gasteiger partial charge in [0, 0.05) is 34.2 Å². The maximum atomic E-state index is 12.1. The monoisotopic (exact) mass is 330 g/mol. The summed E-state index contributed by atoms with van der Waals surface area (Å²) >= 11 is 5.15. The zero-order valence-electron chi connectivity index (χ0n) is 10.6. The van der Waals surface area contributed by atoms with Crippen molar-refractivity contribution < 1.29 is 4.79 Å². The molecule has 1 fully saturated rings. The number of nitrogens with one attached hydrogen (secondary N) is 1. The molecule has 0 spiro atoms. The molecule has 1 atom stereocenters. The van der Waals surface area contributed by atoms with E-state index in [0.29, 0.717) is 18.2 Å². The first kappa shape index (κ1) is 14.0. The zero-order chi connectivity index (χ0) is 13.0. The van der Waals surface area contributed by atoms with Crippen LogP contribution in [0.4, 0.5) is 0 Å². The minimum Gasteiger partial charge on any atom is -0.342 e. The number of nitrogens with zero attached hydrogens (tertiary/aromatic N) is 1. The van der Waals surface area contributed by atoms with Crippen molar-refractivity contribution in [3.05, 3.63) is 20.8 Å². The second-order valence-electron chi connectivity index (χ2n) is 4.78. The average molecular weight is 331 g/mol. The van der Waals surface area contributed by atoms with E-state index in [0.717, 1.165) is 36.9 Å². The summed E-state index contributed by atoms with van der Waals surface area (Å²) in [5, 5.41) is 5.26. The van der Waals surface area contributed by atoms with Crippen molar-refractivity contribution in [2.75, 3.05) is 26.7 Å². The topological polar surface area (TPSA) is 32.3 Å². The number of hydrogen-bond donors (Lipinski definition) is 1. The summed E-state index contributed by atoms with van der Waals surface area (Å²) in [5.74, 6) is 0.938. The summed E-state index contributed by atoms with van der Waals surface area (Å²) < 4.78 is 1.12. The van der Waals surface area contributed by atoms with Gasteiger partial charge in [0.2, 0.25) is 5.91 Å². The predicted octanol–water partition coefficient (Wildman–Crippen LogP) is 2.51. The smallest absolute Gasteiger partial charge is 0.222 e. The molecule has 0 bridgehead atoms. The number of thiophene rings is 1. The van der Waals surface area contributed by atoms with Crippen LogP contribution in [0.1, 0.15) is 17.7 Å². The average Bonchev–Trinajstić information content (AvgIpc) is 2.96. The maximum absolute atomic E-state index is 12.1. The highest BCUT2D eigenvalue weighted by Gasteiger charge is 2.25. The molecule has 1 aliphatic rings. The van der Waals surface area contributed by atoms with Gasteiger partial charge in [-0.25, -0.2) is 0 Å². The van der Waals surface area contributed by atoms with Gasteiger partial charge in [-0.3, -0.25) is 4.79 Å². The minimum absolute atomic E-state index is 0.304. The fourth-order valence-corrected chi connectivity index (χ4v) is 3.84. The number of hydrogen-bond acceptors (Lipinski definition) is 3. The molecule has 0 aliphatic carbocycles. The molecule has 1 saturated heterocycles. The fraction of sp³-hybridized carbons (Fsp3) is 0.615. The number of rotatable bonds is 5. The Hall–Kier alpha value is -0.390. The van der Waals surface area contributed by atoms with Crippen molar-refractivity contribution in [3.63, 3.8) is 0 Å². The van der Waals surface area contributed by atoms with Crippen LogP contribution in [-0.2, 0) is 11.2 Å². The molecule has 1 N–H and O–H groups in total. The van der Waals surface area contributed by atoms with Crippen LogP contribution in [-0.4, -0.2) is 37.5 Å². The molecule has 0 radical (unpaired) electrons. The lowest BCUT2D eigenvalue weighted by Crippen LogP contribution is -2.30. The largest absolute Gasteiger partial charge is 0.342 e. The number of amides is 1. The Morgan fingerprint density at radius 3 is 3.17 bits per heavy atom. The van der Waals surface area contributed by atoms with Gasteiger partial charge < -0.3 is 10.2 Å². The van der Waals surface area contributed by atoms with Crippen LogP contribution in [0.3, 0.4) is 0 Å². The molecular formula is C13H19BrN2OS. The standard InChI is InChI=1S/C13H19BrN2OS/c1-15-7-10-4-5-16(8-10)13(17)3-2-12-6-11(14)9-18-12/h6,9-10,15H,2-5,7-8H2,1H3. The lowest BCUT2D eigenvalue weighted by atomic mass is 10.1. The van der Waals surface area contributed by atoms with E-state index < -0.39 is 0 Å². The summed E-state index contributed by atoms with van der Waals surface area (Å²) in [6, 6.07) is 2.10. The Morgan fingerprint density at radius 1 is 1.67 bits per heavy atom. The Balaban J connectivity index is 1.75. The van der Waals surface area contributed by atoms with Gasteiger partial charge in [-0.1, -0.05) is 0 Å². The van der Waals surface area contributed by atoms with Crippen LogP contribution in [0.2, 0.25) is 0 Å². The molecule has 5 heteroatoms. The highest BCUT2D eigenvalue weighted by Crippen LogP contribution is 2.22. The van der Waals surface area contributed by atoms with E-state index >= 15 is 0 Å². The van der Waals surface area contributed by atoms with Crippen molar-refractivity contribution in [1.82, 2.24) is 10.2 Å². The van der Waals surface area contributed by atoms with E-state index in [4.69, 9.17) is 0 Å². The molecule has 1 aliphatic heterocycles. The molecule has 1 aromatic rings. The van der Waals surface area contributed by atoms with Gasteiger partial charge in [0.25, 0.3) is 0 Å². The summed E-state index contributed by atoms with van der Waals surface area (Å²) in [4.78, 5) is 15.4. The highest BCUT2D eigenvalue weighted by atomic mass is 79.9. The van der Waals surface area contributed by atoms with Gasteiger partial charge in [0.15, 0.2) is 0 Å². The summed E-state index contributed by atoms with van der Waals surface area (Å²) in [6.07, 6.45) is 2.64. The van der Waals surface area contributed by atoms with Crippen molar-refractivity contribution in [3.8, 4) is 0 Å². The molecule has 1 aromatic heterocycles. The summed E-state index contributed by atoms with van der Waals surface area (Å²) in [6.45, 7) is 2.87. The lowest BCUT2D eigenvalue weighted by molar-refractivity contribution is -0.130. The number of halogens is 1. The van der Waals surface area contributed by atoms with Crippen molar-refractivity contribution in [1.29, 1.82) is 0 Å². The van der Waals surface area contributed by atoms with E-state index in [1.54, 1.807) is 11.3 Å². The van der Waals surface area contributed by atoms with Crippen molar-refractivity contribution >= 4 is 33.2 Å². The number of aryl methyl sites for hydroxylation is 1. The molecule has 2 heterocycles. The van der Waals surface area contributed by atoms with Crippen LogP contribution in [0, 0.1) is 5.92 Å². The van der Waals surface area contributed by atoms with E-state index in [-0.39, 0.29) is 0 Å². The van der Waals surface area contributed by atoms with Gasteiger partial charge >= 0.3 is 0 Å². The van der Waals surface area contributed by atoms with Gasteiger partial charge in [-0.2, -0.15) is 0 Å². The summed E-state index contributed by atoms with van der Waals surface area (Å²) in [5.41, 5.74) is 0. The molecule has 1 amide bonds. The molecule has 18 heavy (non-hydrogen) atoms. The zero-order valence-corrected chi connectivity index (χ0v) is 13.0. The molecule has 100 valence electrons. The lowest BCUT2D eigenvalue weighted by Gasteiger charge is -2.16. The Morgan fingerprint density at radius 2 is 2.50 bits per heavy atom. The number of carbonyl (C=O) groups is 1. The second-order valence-corrected chi connectivity index (χ2v) is 6.69. The molecular weight excluding hydrogens is 312 g/mol. The first-order valence-electron chi connectivity index (χ1n) is 6.34. The number of likely N-dealkylation sites (tertiary alicyclic amines) is 1. The SMILES string of the molecule is CNCC1CCN(C(=O)CCc2cc(Br)cs2)C1. The molecule has 0 aromatic carbocycles. The molecule has 2 rings (SSSR count). The molecule has 1 unspecified atom stereocenters. The van der Waals surface area contributed by atoms with E-state index in [2.05, 4.69) is 32.7 Å². The van der Waals surface area contributed by atoms with Crippen molar-refractivity contribution in [2.24, 2.45) is 5.92 Å². The first-order chi connectivity index (χ1) is 8.69. The third kappa shape index (κ3) is 3.80. The van der Waals surface area contributed by atoms with E-state index in [1.165, 1.54) is 4.88 Å². The third-order valence-electron chi connectivity index (χ3n) is 3.34. The second kappa shape index (κ2) is 6.68. The normalized spacial score (nSPS) is 19.4. The van der Waals surface area contributed by atoms with Gasteiger partial charge in [0.1, 0.15) is 0 Å². The van der Waals surface area contributed by atoms with Crippen LogP contribution in [0.25, 0.3) is 0 Å². The molecule has 3 nitrogen and oxygen atoms in total. The van der Waals surface area contributed by atoms with Gasteiger partial charge in [0.05, 0.1) is 0 Å². The van der Waals surface area contributed by atoms with Crippen LogP contribution < -0.4 is 5.32 Å². The van der Waals surface area contributed by atoms with Gasteiger partial charge in [-0.05, 0) is 54.3 Å². The number of carbonyl (C=O) groups excluding carboxylic acids is 1. The van der Waals surface area contributed by atoms with Crippen LogP contribution >= 0.6 is 27.3 Å². The van der Waals surface area contributed by atoms with Crippen LogP contribution in [0.15, 0.2) is 15.9 Å². The maximum Gasteiger partial charge on any atom is 0.222 e. The fourth-order valence-electron chi connectivity index (χ4n) is 2.39. The minimum atomic E-state index is 0.304.